The fourth-order valence-corrected chi connectivity index (χ4v) is 2.52. The van der Waals surface area contributed by atoms with Gasteiger partial charge < -0.3 is 9.47 Å². The van der Waals surface area contributed by atoms with Crippen LogP contribution in [0.2, 0.25) is 0 Å². The predicted octanol–water partition coefficient (Wildman–Crippen LogP) is 3.18. The van der Waals surface area contributed by atoms with E-state index in [2.05, 4.69) is 38.3 Å². The highest BCUT2D eigenvalue weighted by molar-refractivity contribution is 5.30. The van der Waals surface area contributed by atoms with Crippen molar-refractivity contribution in [1.29, 1.82) is 0 Å². The molecule has 1 aliphatic rings. The van der Waals surface area contributed by atoms with E-state index in [4.69, 9.17) is 15.3 Å². The number of ether oxygens (including phenoxy) is 2. The summed E-state index contributed by atoms with van der Waals surface area (Å²) in [6.45, 7) is 9.19. The Balaban J connectivity index is 2.14. The Labute approximate surface area is 128 Å². The summed E-state index contributed by atoms with van der Waals surface area (Å²) in [4.78, 5) is 0. The fraction of sp³-hybridized carbons (Fsp3) is 0.647. The zero-order valence-electron chi connectivity index (χ0n) is 13.6. The standard InChI is InChI=1S/C17H28N2O2/c1-5-20-16(17(2,3)4)15(19-18)12-6-8-13(9-7-12)21-14-10-11-14/h6-9,14-16,19H,5,10-11,18H2,1-4H3. The minimum absolute atomic E-state index is 0.00250. The molecule has 118 valence electrons. The Bertz CT molecular complexity index is 435. The topological polar surface area (TPSA) is 56.5 Å². The number of rotatable bonds is 7. The van der Waals surface area contributed by atoms with Gasteiger partial charge in [0.1, 0.15) is 5.75 Å². The third kappa shape index (κ3) is 4.43. The Morgan fingerprint density at radius 2 is 1.86 bits per heavy atom. The van der Waals surface area contributed by atoms with E-state index in [9.17, 15) is 0 Å². The summed E-state index contributed by atoms with van der Waals surface area (Å²) in [6.07, 6.45) is 2.77. The van der Waals surface area contributed by atoms with Crippen LogP contribution in [-0.4, -0.2) is 18.8 Å². The van der Waals surface area contributed by atoms with Gasteiger partial charge in [-0.2, -0.15) is 0 Å². The van der Waals surface area contributed by atoms with Crippen molar-refractivity contribution in [2.45, 2.75) is 58.8 Å². The third-order valence-electron chi connectivity index (χ3n) is 3.75. The van der Waals surface area contributed by atoms with Crippen molar-refractivity contribution in [2.75, 3.05) is 6.61 Å². The Morgan fingerprint density at radius 1 is 1.24 bits per heavy atom. The normalized spacial score (nSPS) is 18.3. The van der Waals surface area contributed by atoms with E-state index in [1.807, 2.05) is 19.1 Å². The minimum atomic E-state index is -0.0417. The highest BCUT2D eigenvalue weighted by atomic mass is 16.5. The van der Waals surface area contributed by atoms with Crippen LogP contribution < -0.4 is 16.0 Å². The molecular formula is C17H28N2O2. The minimum Gasteiger partial charge on any atom is -0.490 e. The molecule has 0 bridgehead atoms. The molecule has 1 aromatic rings. The number of nitrogens with two attached hydrogens (primary N) is 1. The Kier molecular flexibility index (Phi) is 5.25. The largest absolute Gasteiger partial charge is 0.490 e. The predicted molar refractivity (Wildman–Crippen MR) is 85.0 cm³/mol. The summed E-state index contributed by atoms with van der Waals surface area (Å²) in [5.41, 5.74) is 4.03. The van der Waals surface area contributed by atoms with Crippen molar-refractivity contribution in [3.63, 3.8) is 0 Å². The quantitative estimate of drug-likeness (QED) is 0.598. The molecule has 0 saturated heterocycles. The molecule has 1 aliphatic carbocycles. The van der Waals surface area contributed by atoms with Gasteiger partial charge in [0.25, 0.3) is 0 Å². The number of nitrogens with one attached hydrogen (secondary N) is 1. The van der Waals surface area contributed by atoms with Gasteiger partial charge in [-0.15, -0.1) is 0 Å². The number of hydrazine groups is 1. The van der Waals surface area contributed by atoms with Crippen molar-refractivity contribution < 1.29 is 9.47 Å². The molecule has 2 unspecified atom stereocenters. The maximum absolute atomic E-state index is 5.94. The molecule has 4 nitrogen and oxygen atoms in total. The van der Waals surface area contributed by atoms with Crippen LogP contribution >= 0.6 is 0 Å². The van der Waals surface area contributed by atoms with Crippen LogP contribution in [-0.2, 0) is 4.74 Å². The van der Waals surface area contributed by atoms with Gasteiger partial charge in [-0.25, -0.2) is 0 Å². The van der Waals surface area contributed by atoms with Crippen LogP contribution in [0.15, 0.2) is 24.3 Å². The van der Waals surface area contributed by atoms with Crippen molar-refractivity contribution in [1.82, 2.24) is 5.43 Å². The van der Waals surface area contributed by atoms with Crippen molar-refractivity contribution >= 4 is 0 Å². The van der Waals surface area contributed by atoms with Gasteiger partial charge in [-0.05, 0) is 42.9 Å². The van der Waals surface area contributed by atoms with Crippen molar-refractivity contribution in [2.24, 2.45) is 11.3 Å². The maximum Gasteiger partial charge on any atom is 0.119 e. The average Bonchev–Trinajstić information content (AvgIpc) is 3.23. The molecule has 0 amide bonds. The monoisotopic (exact) mass is 292 g/mol. The van der Waals surface area contributed by atoms with E-state index < -0.39 is 0 Å². The summed E-state index contributed by atoms with van der Waals surface area (Å²) < 4.78 is 11.7. The number of hydrogen-bond acceptors (Lipinski definition) is 4. The lowest BCUT2D eigenvalue weighted by atomic mass is 9.82. The molecule has 2 rings (SSSR count). The number of hydrogen-bond donors (Lipinski definition) is 2. The fourth-order valence-electron chi connectivity index (χ4n) is 2.52. The molecule has 0 aliphatic heterocycles. The van der Waals surface area contributed by atoms with Crippen LogP contribution in [0.5, 0.6) is 5.75 Å². The Hall–Kier alpha value is -1.10. The van der Waals surface area contributed by atoms with Crippen LogP contribution in [0, 0.1) is 5.41 Å². The van der Waals surface area contributed by atoms with E-state index in [1.54, 1.807) is 0 Å². The molecule has 1 fully saturated rings. The van der Waals surface area contributed by atoms with Gasteiger partial charge in [-0.1, -0.05) is 32.9 Å². The van der Waals surface area contributed by atoms with E-state index in [0.29, 0.717) is 12.7 Å². The Morgan fingerprint density at radius 3 is 2.29 bits per heavy atom. The first-order chi connectivity index (χ1) is 9.95. The maximum atomic E-state index is 5.94. The number of benzene rings is 1. The van der Waals surface area contributed by atoms with Gasteiger partial charge in [-0.3, -0.25) is 11.3 Å². The van der Waals surface area contributed by atoms with Gasteiger partial charge >= 0.3 is 0 Å². The summed E-state index contributed by atoms with van der Waals surface area (Å²) in [5.74, 6) is 6.73. The molecule has 0 spiro atoms. The zero-order valence-corrected chi connectivity index (χ0v) is 13.6. The first kappa shape index (κ1) is 16.3. The van der Waals surface area contributed by atoms with Crippen LogP contribution in [0.25, 0.3) is 0 Å². The molecular weight excluding hydrogens is 264 g/mol. The third-order valence-corrected chi connectivity index (χ3v) is 3.75. The van der Waals surface area contributed by atoms with E-state index >= 15 is 0 Å². The molecule has 0 aromatic heterocycles. The van der Waals surface area contributed by atoms with Crippen LogP contribution in [0.3, 0.4) is 0 Å². The molecule has 21 heavy (non-hydrogen) atoms. The molecule has 0 heterocycles. The summed E-state index contributed by atoms with van der Waals surface area (Å²) >= 11 is 0. The van der Waals surface area contributed by atoms with Gasteiger partial charge in [0.2, 0.25) is 0 Å². The first-order valence-electron chi connectivity index (χ1n) is 7.80. The van der Waals surface area contributed by atoms with E-state index in [0.717, 1.165) is 11.3 Å². The second-order valence-corrected chi connectivity index (χ2v) is 6.77. The second kappa shape index (κ2) is 6.77. The average molecular weight is 292 g/mol. The SMILES string of the molecule is CCOC(C(NN)c1ccc(OC2CC2)cc1)C(C)(C)C. The second-order valence-electron chi connectivity index (χ2n) is 6.77. The van der Waals surface area contributed by atoms with Crippen LogP contribution in [0.1, 0.15) is 52.1 Å². The van der Waals surface area contributed by atoms with Crippen molar-refractivity contribution in [3.05, 3.63) is 29.8 Å². The van der Waals surface area contributed by atoms with Gasteiger partial charge in [0.05, 0.1) is 18.2 Å². The lowest BCUT2D eigenvalue weighted by molar-refractivity contribution is -0.0366. The summed E-state index contributed by atoms with van der Waals surface area (Å²) in [7, 11) is 0. The molecule has 0 radical (unpaired) electrons. The van der Waals surface area contributed by atoms with E-state index in [-0.39, 0.29) is 17.6 Å². The molecule has 1 saturated carbocycles. The summed E-state index contributed by atoms with van der Waals surface area (Å²) in [6, 6.07) is 8.13. The molecule has 1 aromatic carbocycles. The first-order valence-corrected chi connectivity index (χ1v) is 7.80. The molecule has 4 heteroatoms. The smallest absolute Gasteiger partial charge is 0.119 e. The van der Waals surface area contributed by atoms with Gasteiger partial charge in [0.15, 0.2) is 0 Å². The highest BCUT2D eigenvalue weighted by Crippen LogP contribution is 2.34. The summed E-state index contributed by atoms with van der Waals surface area (Å²) in [5, 5.41) is 0. The van der Waals surface area contributed by atoms with Crippen LogP contribution in [0.4, 0.5) is 0 Å². The molecule has 3 N–H and O–H groups in total. The highest BCUT2D eigenvalue weighted by Gasteiger charge is 2.33. The lowest BCUT2D eigenvalue weighted by Crippen LogP contribution is -2.44. The lowest BCUT2D eigenvalue weighted by Gasteiger charge is -2.36. The van der Waals surface area contributed by atoms with E-state index in [1.165, 1.54) is 12.8 Å². The zero-order chi connectivity index (χ0) is 15.5. The van der Waals surface area contributed by atoms with Crippen molar-refractivity contribution in [3.8, 4) is 5.75 Å². The molecule has 2 atom stereocenters. The van der Waals surface area contributed by atoms with Gasteiger partial charge in [0, 0.05) is 6.61 Å².